The summed E-state index contributed by atoms with van der Waals surface area (Å²) in [5.74, 6) is -1.13. The normalized spacial score (nSPS) is 15.2. The Balaban J connectivity index is 2.00. The second kappa shape index (κ2) is 5.79. The van der Waals surface area contributed by atoms with Gasteiger partial charge in [0, 0.05) is 13.1 Å². The van der Waals surface area contributed by atoms with Crippen molar-refractivity contribution in [3.05, 3.63) is 64.7 Å². The molecule has 0 fully saturated rings. The van der Waals surface area contributed by atoms with Crippen LogP contribution in [0.25, 0.3) is 0 Å². The highest BCUT2D eigenvalue weighted by molar-refractivity contribution is 7.89. The molecule has 0 amide bonds. The van der Waals surface area contributed by atoms with E-state index in [0.717, 1.165) is 11.1 Å². The van der Waals surface area contributed by atoms with E-state index in [4.69, 9.17) is 5.11 Å². The highest BCUT2D eigenvalue weighted by Gasteiger charge is 2.29. The number of rotatable bonds is 3. The smallest absolute Gasteiger partial charge is 0.335 e. The quantitative estimate of drug-likeness (QED) is 0.937. The predicted molar refractivity (Wildman–Crippen MR) is 85.9 cm³/mol. The summed E-state index contributed by atoms with van der Waals surface area (Å²) in [6.07, 6.45) is 0.660. The van der Waals surface area contributed by atoms with E-state index in [9.17, 15) is 13.2 Å². The van der Waals surface area contributed by atoms with Crippen molar-refractivity contribution in [2.75, 3.05) is 6.54 Å². The molecule has 2 aromatic carbocycles. The van der Waals surface area contributed by atoms with Crippen LogP contribution in [0, 0.1) is 6.92 Å². The number of fused-ring (bicyclic) bond motifs is 1. The van der Waals surface area contributed by atoms with E-state index in [2.05, 4.69) is 0 Å². The van der Waals surface area contributed by atoms with Gasteiger partial charge in [-0.25, -0.2) is 13.2 Å². The first-order valence-corrected chi connectivity index (χ1v) is 8.74. The minimum Gasteiger partial charge on any atom is -0.478 e. The van der Waals surface area contributed by atoms with Gasteiger partial charge in [0.2, 0.25) is 10.0 Å². The number of carboxylic acid groups (broad SMARTS) is 1. The average Bonchev–Trinajstić information content (AvgIpc) is 2.54. The van der Waals surface area contributed by atoms with Gasteiger partial charge in [-0.05, 0) is 42.2 Å². The Hall–Kier alpha value is -2.18. The number of nitrogens with zero attached hydrogens (tertiary/aromatic N) is 1. The van der Waals surface area contributed by atoms with E-state index in [1.54, 1.807) is 6.92 Å². The molecule has 120 valence electrons. The van der Waals surface area contributed by atoms with Crippen LogP contribution in [0.15, 0.2) is 47.4 Å². The monoisotopic (exact) mass is 331 g/mol. The van der Waals surface area contributed by atoms with Gasteiger partial charge in [0.15, 0.2) is 0 Å². The van der Waals surface area contributed by atoms with Crippen molar-refractivity contribution < 1.29 is 18.3 Å². The van der Waals surface area contributed by atoms with E-state index in [-0.39, 0.29) is 10.5 Å². The van der Waals surface area contributed by atoms with E-state index in [1.165, 1.54) is 22.5 Å². The first kappa shape index (κ1) is 15.7. The number of hydrogen-bond donors (Lipinski definition) is 1. The standard InChI is InChI=1S/C17H17NO4S/c1-12-6-7-14(17(19)20)10-16(12)23(21,22)18-9-8-13-4-2-3-5-15(13)11-18/h2-7,10H,8-9,11H2,1H3,(H,19,20). The number of sulfonamides is 1. The van der Waals surface area contributed by atoms with Gasteiger partial charge in [-0.2, -0.15) is 4.31 Å². The van der Waals surface area contributed by atoms with E-state index in [1.807, 2.05) is 24.3 Å². The molecular formula is C17H17NO4S. The SMILES string of the molecule is Cc1ccc(C(=O)O)cc1S(=O)(=O)N1CCc2ccccc2C1. The van der Waals surface area contributed by atoms with Crippen LogP contribution in [0.2, 0.25) is 0 Å². The van der Waals surface area contributed by atoms with Gasteiger partial charge in [0.1, 0.15) is 0 Å². The van der Waals surface area contributed by atoms with Crippen molar-refractivity contribution in [2.45, 2.75) is 24.8 Å². The molecule has 1 aliphatic heterocycles. The fraction of sp³-hybridized carbons (Fsp3) is 0.235. The fourth-order valence-corrected chi connectivity index (χ4v) is 4.49. The summed E-state index contributed by atoms with van der Waals surface area (Å²) in [5.41, 5.74) is 2.68. The maximum Gasteiger partial charge on any atom is 0.335 e. The van der Waals surface area contributed by atoms with Crippen LogP contribution in [0.3, 0.4) is 0 Å². The molecule has 3 rings (SSSR count). The second-order valence-electron chi connectivity index (χ2n) is 5.64. The average molecular weight is 331 g/mol. The van der Waals surface area contributed by atoms with E-state index in [0.29, 0.717) is 25.1 Å². The highest BCUT2D eigenvalue weighted by atomic mass is 32.2. The molecule has 1 N–H and O–H groups in total. The number of carbonyl (C=O) groups is 1. The van der Waals surface area contributed by atoms with Crippen LogP contribution in [0.4, 0.5) is 0 Å². The number of aryl methyl sites for hydroxylation is 1. The Bertz CT molecular complexity index is 874. The molecule has 1 aliphatic rings. The number of carboxylic acids is 1. The first-order valence-electron chi connectivity index (χ1n) is 7.30. The topological polar surface area (TPSA) is 74.7 Å². The zero-order valence-electron chi connectivity index (χ0n) is 12.7. The van der Waals surface area contributed by atoms with Gasteiger partial charge in [0.25, 0.3) is 0 Å². The summed E-state index contributed by atoms with van der Waals surface area (Å²) in [6.45, 7) is 2.39. The van der Waals surface area contributed by atoms with Gasteiger partial charge in [-0.15, -0.1) is 0 Å². The van der Waals surface area contributed by atoms with Crippen LogP contribution in [-0.4, -0.2) is 30.3 Å². The minimum atomic E-state index is -3.72. The zero-order chi connectivity index (χ0) is 16.6. The number of hydrogen-bond acceptors (Lipinski definition) is 3. The third-order valence-electron chi connectivity index (χ3n) is 4.15. The molecule has 0 aliphatic carbocycles. The molecule has 23 heavy (non-hydrogen) atoms. The molecule has 5 nitrogen and oxygen atoms in total. The lowest BCUT2D eigenvalue weighted by Crippen LogP contribution is -2.36. The van der Waals surface area contributed by atoms with Crippen molar-refractivity contribution in [3.8, 4) is 0 Å². The third-order valence-corrected chi connectivity index (χ3v) is 6.14. The number of benzene rings is 2. The van der Waals surface area contributed by atoms with Crippen LogP contribution < -0.4 is 0 Å². The predicted octanol–water partition coefficient (Wildman–Crippen LogP) is 2.44. The van der Waals surface area contributed by atoms with Crippen LogP contribution in [-0.2, 0) is 23.0 Å². The Labute approximate surface area is 135 Å². The van der Waals surface area contributed by atoms with Gasteiger partial charge in [0.05, 0.1) is 10.5 Å². The van der Waals surface area contributed by atoms with Gasteiger partial charge in [-0.1, -0.05) is 30.3 Å². The summed E-state index contributed by atoms with van der Waals surface area (Å²) < 4.78 is 27.3. The Kier molecular flexibility index (Phi) is 3.95. The lowest BCUT2D eigenvalue weighted by Gasteiger charge is -2.28. The van der Waals surface area contributed by atoms with Crippen LogP contribution in [0.5, 0.6) is 0 Å². The summed E-state index contributed by atoms with van der Waals surface area (Å²) >= 11 is 0. The van der Waals surface area contributed by atoms with Crippen molar-refractivity contribution in [1.29, 1.82) is 0 Å². The Morgan fingerprint density at radius 3 is 2.52 bits per heavy atom. The second-order valence-corrected chi connectivity index (χ2v) is 7.55. The summed E-state index contributed by atoms with van der Waals surface area (Å²) in [5, 5.41) is 9.10. The molecule has 0 saturated heterocycles. The van der Waals surface area contributed by atoms with Crippen molar-refractivity contribution in [1.82, 2.24) is 4.31 Å². The molecule has 6 heteroatoms. The maximum atomic E-state index is 12.9. The van der Waals surface area contributed by atoms with Crippen molar-refractivity contribution in [3.63, 3.8) is 0 Å². The summed E-state index contributed by atoms with van der Waals surface area (Å²) in [7, 11) is -3.72. The Morgan fingerprint density at radius 1 is 1.13 bits per heavy atom. The number of aromatic carboxylic acids is 1. The lowest BCUT2D eigenvalue weighted by atomic mass is 10.0. The largest absolute Gasteiger partial charge is 0.478 e. The first-order chi connectivity index (χ1) is 10.9. The van der Waals surface area contributed by atoms with Gasteiger partial charge in [-0.3, -0.25) is 0 Å². The molecule has 0 saturated carbocycles. The zero-order valence-corrected chi connectivity index (χ0v) is 13.5. The maximum absolute atomic E-state index is 12.9. The molecule has 1 heterocycles. The van der Waals surface area contributed by atoms with Crippen molar-refractivity contribution in [2.24, 2.45) is 0 Å². The molecular weight excluding hydrogens is 314 g/mol. The molecule has 0 atom stereocenters. The summed E-state index contributed by atoms with van der Waals surface area (Å²) in [4.78, 5) is 11.2. The Morgan fingerprint density at radius 2 is 1.83 bits per heavy atom. The summed E-state index contributed by atoms with van der Waals surface area (Å²) in [6, 6.07) is 12.0. The molecule has 0 radical (unpaired) electrons. The molecule has 0 aromatic heterocycles. The van der Waals surface area contributed by atoms with Gasteiger partial charge >= 0.3 is 5.97 Å². The molecule has 0 bridgehead atoms. The van der Waals surface area contributed by atoms with Crippen LogP contribution >= 0.6 is 0 Å². The van der Waals surface area contributed by atoms with E-state index < -0.39 is 16.0 Å². The van der Waals surface area contributed by atoms with Gasteiger partial charge < -0.3 is 5.11 Å². The van der Waals surface area contributed by atoms with E-state index >= 15 is 0 Å². The molecule has 2 aromatic rings. The van der Waals surface area contributed by atoms with Crippen LogP contribution in [0.1, 0.15) is 27.0 Å². The highest BCUT2D eigenvalue weighted by Crippen LogP contribution is 2.27. The lowest BCUT2D eigenvalue weighted by molar-refractivity contribution is 0.0696. The third kappa shape index (κ3) is 2.87. The minimum absolute atomic E-state index is 0.0217. The molecule has 0 spiro atoms. The van der Waals surface area contributed by atoms with Crippen molar-refractivity contribution >= 4 is 16.0 Å². The fourth-order valence-electron chi connectivity index (χ4n) is 2.83. The molecule has 0 unspecified atom stereocenters.